The van der Waals surface area contributed by atoms with Gasteiger partial charge in [0.25, 0.3) is 0 Å². The minimum Gasteiger partial charge on any atom is -0.467 e. The van der Waals surface area contributed by atoms with Gasteiger partial charge in [-0.05, 0) is 68.8 Å². The third-order valence-corrected chi connectivity index (χ3v) is 7.32. The summed E-state index contributed by atoms with van der Waals surface area (Å²) in [6, 6.07) is 9.71. The number of hydrogen-bond acceptors (Lipinski definition) is 4. The van der Waals surface area contributed by atoms with E-state index in [4.69, 9.17) is 9.47 Å². The summed E-state index contributed by atoms with van der Waals surface area (Å²) >= 11 is 0. The number of amides is 1. The van der Waals surface area contributed by atoms with Gasteiger partial charge in [0, 0.05) is 13.5 Å². The smallest absolute Gasteiger partial charge is 0.411 e. The van der Waals surface area contributed by atoms with Gasteiger partial charge in [-0.15, -0.1) is 0 Å². The van der Waals surface area contributed by atoms with E-state index in [0.717, 1.165) is 24.8 Å². The van der Waals surface area contributed by atoms with E-state index in [0.29, 0.717) is 24.2 Å². The van der Waals surface area contributed by atoms with Crippen LogP contribution in [0.1, 0.15) is 51.0 Å². The molecule has 0 spiro atoms. The molecule has 4 bridgehead atoms. The fraction of sp³-hybridized carbons (Fsp3) is 0.652. The zero-order valence-electron chi connectivity index (χ0n) is 17.1. The first-order valence-electron chi connectivity index (χ1n) is 10.4. The number of rotatable bonds is 5. The van der Waals surface area contributed by atoms with Crippen molar-refractivity contribution in [3.8, 4) is 0 Å². The van der Waals surface area contributed by atoms with E-state index >= 15 is 0 Å². The maximum absolute atomic E-state index is 13.2. The molecule has 4 saturated carbocycles. The molecule has 0 N–H and O–H groups in total. The Bertz CT molecular complexity index is 711. The summed E-state index contributed by atoms with van der Waals surface area (Å²) in [6.45, 7) is 1.76. The highest BCUT2D eigenvalue weighted by atomic mass is 16.6. The highest BCUT2D eigenvalue weighted by Crippen LogP contribution is 2.57. The topological polar surface area (TPSA) is 55.8 Å². The fourth-order valence-electron chi connectivity index (χ4n) is 6.15. The normalized spacial score (nSPS) is 32.5. The lowest BCUT2D eigenvalue weighted by Crippen LogP contribution is -2.59. The monoisotopic (exact) mass is 385 g/mol. The van der Waals surface area contributed by atoms with Crippen molar-refractivity contribution >= 4 is 12.1 Å². The molecule has 4 aliphatic carbocycles. The lowest BCUT2D eigenvalue weighted by atomic mass is 9.54. The molecule has 0 aliphatic heterocycles. The van der Waals surface area contributed by atoms with E-state index in [-0.39, 0.29) is 5.60 Å². The van der Waals surface area contributed by atoms with Crippen LogP contribution in [0.3, 0.4) is 0 Å². The number of ether oxygens (including phenoxy) is 2. The number of carbonyl (C=O) groups is 2. The van der Waals surface area contributed by atoms with Gasteiger partial charge in [0.15, 0.2) is 0 Å². The largest absolute Gasteiger partial charge is 0.467 e. The van der Waals surface area contributed by atoms with Crippen molar-refractivity contribution in [3.63, 3.8) is 0 Å². The van der Waals surface area contributed by atoms with Crippen molar-refractivity contribution in [2.75, 3.05) is 14.2 Å². The zero-order chi connectivity index (χ0) is 19.9. The van der Waals surface area contributed by atoms with Gasteiger partial charge in [0.1, 0.15) is 11.1 Å². The number of carbonyl (C=O) groups excluding carboxylic acids is 2. The molecule has 0 saturated heterocycles. The van der Waals surface area contributed by atoms with Crippen LogP contribution in [-0.4, -0.2) is 42.3 Å². The number of esters is 1. The highest BCUT2D eigenvalue weighted by Gasteiger charge is 2.54. The summed E-state index contributed by atoms with van der Waals surface area (Å²) in [5.74, 6) is 1.66. The summed E-state index contributed by atoms with van der Waals surface area (Å²) < 4.78 is 11.2. The molecule has 4 aliphatic rings. The van der Waals surface area contributed by atoms with Crippen LogP contribution >= 0.6 is 0 Å². The van der Waals surface area contributed by atoms with Gasteiger partial charge in [-0.1, -0.05) is 30.3 Å². The van der Waals surface area contributed by atoms with Gasteiger partial charge in [-0.3, -0.25) is 4.90 Å². The Morgan fingerprint density at radius 2 is 1.61 bits per heavy atom. The summed E-state index contributed by atoms with van der Waals surface area (Å²) in [5.41, 5.74) is -0.468. The molecule has 1 aromatic carbocycles. The Morgan fingerprint density at radius 3 is 2.11 bits per heavy atom. The van der Waals surface area contributed by atoms with Crippen LogP contribution in [0.4, 0.5) is 4.79 Å². The Kier molecular flexibility index (Phi) is 4.88. The molecular formula is C23H31NO4. The van der Waals surface area contributed by atoms with E-state index in [2.05, 4.69) is 0 Å². The van der Waals surface area contributed by atoms with Crippen molar-refractivity contribution in [2.45, 2.75) is 63.0 Å². The third-order valence-electron chi connectivity index (χ3n) is 7.32. The zero-order valence-corrected chi connectivity index (χ0v) is 17.1. The second-order valence-corrected chi connectivity index (χ2v) is 9.46. The predicted octanol–water partition coefficient (Wildman–Crippen LogP) is 4.20. The summed E-state index contributed by atoms with van der Waals surface area (Å²) in [4.78, 5) is 27.3. The molecule has 0 heterocycles. The van der Waals surface area contributed by atoms with E-state index in [1.54, 1.807) is 14.0 Å². The minimum absolute atomic E-state index is 0.329. The second kappa shape index (κ2) is 7.09. The molecule has 0 aromatic heterocycles. The van der Waals surface area contributed by atoms with Gasteiger partial charge in [0.05, 0.1) is 7.11 Å². The summed E-state index contributed by atoms with van der Waals surface area (Å²) in [7, 11) is 3.02. The average Bonchev–Trinajstić information content (AvgIpc) is 2.65. The van der Waals surface area contributed by atoms with Crippen molar-refractivity contribution in [3.05, 3.63) is 35.9 Å². The molecule has 152 valence electrons. The molecule has 4 fully saturated rings. The Labute approximate surface area is 167 Å². The first kappa shape index (κ1) is 19.3. The molecule has 5 nitrogen and oxygen atoms in total. The van der Waals surface area contributed by atoms with Crippen LogP contribution in [0.2, 0.25) is 0 Å². The second-order valence-electron chi connectivity index (χ2n) is 9.46. The Morgan fingerprint density at radius 1 is 1.07 bits per heavy atom. The van der Waals surface area contributed by atoms with Crippen molar-refractivity contribution in [1.82, 2.24) is 4.90 Å². The standard InChI is InChI=1S/C23H31NO4/c1-22(20(25)27-3,12-16-7-5-4-6-8-16)24(2)21(26)28-23-13-17-9-18(14-23)11-19(10-17)15-23/h4-8,17-19H,9-15H2,1-3H3. The average molecular weight is 386 g/mol. The van der Waals surface area contributed by atoms with Gasteiger partial charge < -0.3 is 9.47 Å². The van der Waals surface area contributed by atoms with Crippen LogP contribution in [0.25, 0.3) is 0 Å². The lowest BCUT2D eigenvalue weighted by molar-refractivity contribution is -0.158. The summed E-state index contributed by atoms with van der Waals surface area (Å²) in [6.07, 6.45) is 6.78. The van der Waals surface area contributed by atoms with Crippen molar-refractivity contribution in [2.24, 2.45) is 17.8 Å². The molecule has 0 radical (unpaired) electrons. The van der Waals surface area contributed by atoms with Crippen LogP contribution < -0.4 is 0 Å². The maximum atomic E-state index is 13.2. The molecule has 1 atom stereocenters. The first-order chi connectivity index (χ1) is 13.3. The molecule has 1 amide bonds. The van der Waals surface area contributed by atoms with Crippen LogP contribution in [0.15, 0.2) is 30.3 Å². The Balaban J connectivity index is 1.52. The number of nitrogens with zero attached hydrogens (tertiary/aromatic N) is 1. The van der Waals surface area contributed by atoms with Crippen LogP contribution in [0, 0.1) is 17.8 Å². The molecule has 5 rings (SSSR count). The molecule has 1 aromatic rings. The Hall–Kier alpha value is -2.04. The van der Waals surface area contributed by atoms with Gasteiger partial charge in [0.2, 0.25) is 0 Å². The van der Waals surface area contributed by atoms with E-state index in [1.165, 1.54) is 31.3 Å². The maximum Gasteiger partial charge on any atom is 0.411 e. The third kappa shape index (κ3) is 3.40. The van der Waals surface area contributed by atoms with E-state index in [1.807, 2.05) is 30.3 Å². The van der Waals surface area contributed by atoms with Crippen molar-refractivity contribution < 1.29 is 19.1 Å². The van der Waals surface area contributed by atoms with Gasteiger partial charge in [-0.25, -0.2) is 9.59 Å². The van der Waals surface area contributed by atoms with Crippen molar-refractivity contribution in [1.29, 1.82) is 0 Å². The van der Waals surface area contributed by atoms with E-state index in [9.17, 15) is 9.59 Å². The number of benzene rings is 1. The number of likely N-dealkylation sites (N-methyl/N-ethyl adjacent to an activating group) is 1. The first-order valence-corrected chi connectivity index (χ1v) is 10.4. The SMILES string of the molecule is COC(=O)C(C)(Cc1ccccc1)N(C)C(=O)OC12CC3CC(CC(C3)C1)C2. The number of hydrogen-bond donors (Lipinski definition) is 0. The number of methoxy groups -OCH3 is 1. The minimum atomic E-state index is -1.12. The van der Waals surface area contributed by atoms with E-state index < -0.39 is 17.6 Å². The van der Waals surface area contributed by atoms with Gasteiger partial charge in [-0.2, -0.15) is 0 Å². The highest BCUT2D eigenvalue weighted by molar-refractivity contribution is 5.85. The molecular weight excluding hydrogens is 354 g/mol. The lowest BCUT2D eigenvalue weighted by Gasteiger charge is -2.56. The summed E-state index contributed by atoms with van der Waals surface area (Å²) in [5, 5.41) is 0. The van der Waals surface area contributed by atoms with Crippen LogP contribution in [0.5, 0.6) is 0 Å². The predicted molar refractivity (Wildman–Crippen MR) is 106 cm³/mol. The fourth-order valence-corrected chi connectivity index (χ4v) is 6.15. The van der Waals surface area contributed by atoms with Crippen LogP contribution in [-0.2, 0) is 20.7 Å². The molecule has 5 heteroatoms. The molecule has 1 unspecified atom stereocenters. The quantitative estimate of drug-likeness (QED) is 0.713. The van der Waals surface area contributed by atoms with Gasteiger partial charge >= 0.3 is 12.1 Å². The molecule has 28 heavy (non-hydrogen) atoms.